The lowest BCUT2D eigenvalue weighted by Gasteiger charge is -2.33. The van der Waals surface area contributed by atoms with Gasteiger partial charge in [-0.15, -0.1) is 0 Å². The van der Waals surface area contributed by atoms with E-state index in [0.29, 0.717) is 13.0 Å². The number of halogens is 2. The van der Waals surface area contributed by atoms with Crippen LogP contribution in [-0.4, -0.2) is 34.5 Å². The van der Waals surface area contributed by atoms with E-state index in [1.807, 2.05) is 0 Å². The second kappa shape index (κ2) is 5.69. The molecule has 6 heteroatoms. The third kappa shape index (κ3) is 2.78. The Morgan fingerprint density at radius 3 is 2.79 bits per heavy atom. The number of nitrogens with zero attached hydrogens (tertiary/aromatic N) is 1. The lowest BCUT2D eigenvalue weighted by atomic mass is 10.0. The van der Waals surface area contributed by atoms with E-state index >= 15 is 0 Å². The summed E-state index contributed by atoms with van der Waals surface area (Å²) in [5, 5.41) is 9.13. The number of carboxylic acids is 1. The molecule has 1 N–H and O–H groups in total. The van der Waals surface area contributed by atoms with Gasteiger partial charge in [-0.05, 0) is 47.3 Å². The molecule has 0 radical (unpaired) electrons. The quantitative estimate of drug-likeness (QED) is 0.907. The van der Waals surface area contributed by atoms with Gasteiger partial charge in [0.2, 0.25) is 0 Å². The molecule has 1 aromatic carbocycles. The van der Waals surface area contributed by atoms with Crippen molar-refractivity contribution in [2.45, 2.75) is 25.3 Å². The lowest BCUT2D eigenvalue weighted by Crippen LogP contribution is -2.48. The highest BCUT2D eigenvalue weighted by molar-refractivity contribution is 9.10. The van der Waals surface area contributed by atoms with E-state index in [9.17, 15) is 14.0 Å². The molecule has 1 aliphatic rings. The fraction of sp³-hybridized carbons (Fsp3) is 0.385. The highest BCUT2D eigenvalue weighted by Gasteiger charge is 2.33. The number of hydrogen-bond donors (Lipinski definition) is 1. The molecule has 0 aromatic heterocycles. The fourth-order valence-electron chi connectivity index (χ4n) is 2.26. The monoisotopic (exact) mass is 329 g/mol. The molecule has 1 saturated heterocycles. The maximum absolute atomic E-state index is 13.9. The molecule has 19 heavy (non-hydrogen) atoms. The van der Waals surface area contributed by atoms with Gasteiger partial charge in [-0.1, -0.05) is 6.07 Å². The molecule has 102 valence electrons. The van der Waals surface area contributed by atoms with Crippen LogP contribution in [0.2, 0.25) is 0 Å². The fourth-order valence-corrected chi connectivity index (χ4v) is 2.62. The summed E-state index contributed by atoms with van der Waals surface area (Å²) in [6, 6.07) is 3.56. The largest absolute Gasteiger partial charge is 0.480 e. The van der Waals surface area contributed by atoms with Crippen molar-refractivity contribution in [3.63, 3.8) is 0 Å². The number of likely N-dealkylation sites (tertiary alicyclic amines) is 1. The van der Waals surface area contributed by atoms with Gasteiger partial charge in [-0.25, -0.2) is 9.18 Å². The van der Waals surface area contributed by atoms with Crippen LogP contribution in [0.3, 0.4) is 0 Å². The van der Waals surface area contributed by atoms with Crippen molar-refractivity contribution in [1.82, 2.24) is 4.90 Å². The minimum atomic E-state index is -1.04. The number of aliphatic carboxylic acids is 1. The topological polar surface area (TPSA) is 57.6 Å². The normalized spacial score (nSPS) is 19.3. The smallest absolute Gasteiger partial charge is 0.326 e. The first-order valence-corrected chi connectivity index (χ1v) is 6.79. The first-order chi connectivity index (χ1) is 9.02. The van der Waals surface area contributed by atoms with E-state index < -0.39 is 23.7 Å². The molecule has 0 saturated carbocycles. The Morgan fingerprint density at radius 2 is 2.11 bits per heavy atom. The molecule has 2 rings (SSSR count). The van der Waals surface area contributed by atoms with Gasteiger partial charge in [0.25, 0.3) is 5.91 Å². The van der Waals surface area contributed by atoms with Crippen LogP contribution in [0.5, 0.6) is 0 Å². The van der Waals surface area contributed by atoms with Crippen LogP contribution in [0.25, 0.3) is 0 Å². The minimum absolute atomic E-state index is 0.0949. The van der Waals surface area contributed by atoms with Crippen LogP contribution in [0.15, 0.2) is 22.7 Å². The van der Waals surface area contributed by atoms with Crippen LogP contribution >= 0.6 is 15.9 Å². The maximum Gasteiger partial charge on any atom is 0.326 e. The van der Waals surface area contributed by atoms with Gasteiger partial charge in [0, 0.05) is 6.54 Å². The Hall–Kier alpha value is -1.43. The maximum atomic E-state index is 13.9. The molecular formula is C13H13BrFNO3. The van der Waals surface area contributed by atoms with Crippen LogP contribution in [-0.2, 0) is 4.79 Å². The number of amides is 1. The number of hydrogen-bond acceptors (Lipinski definition) is 2. The molecule has 0 aliphatic carbocycles. The zero-order chi connectivity index (χ0) is 14.0. The van der Waals surface area contributed by atoms with Crippen LogP contribution < -0.4 is 0 Å². The highest BCUT2D eigenvalue weighted by Crippen LogP contribution is 2.24. The summed E-state index contributed by atoms with van der Waals surface area (Å²) in [6.07, 6.45) is 1.92. The summed E-state index contributed by atoms with van der Waals surface area (Å²) < 4.78 is 14.1. The van der Waals surface area contributed by atoms with Crippen molar-refractivity contribution in [1.29, 1.82) is 0 Å². The average molecular weight is 330 g/mol. The van der Waals surface area contributed by atoms with E-state index in [1.165, 1.54) is 17.0 Å². The van der Waals surface area contributed by atoms with Gasteiger partial charge in [0.05, 0.1) is 10.0 Å². The Labute approximate surface area is 118 Å². The Kier molecular flexibility index (Phi) is 4.19. The third-order valence-electron chi connectivity index (χ3n) is 3.23. The molecule has 1 aromatic rings. The zero-order valence-electron chi connectivity index (χ0n) is 10.1. The van der Waals surface area contributed by atoms with Crippen molar-refractivity contribution in [3.05, 3.63) is 34.1 Å². The Bertz CT molecular complexity index is 521. The Balaban J connectivity index is 2.31. The predicted molar refractivity (Wildman–Crippen MR) is 70.4 cm³/mol. The highest BCUT2D eigenvalue weighted by atomic mass is 79.9. The summed E-state index contributed by atoms with van der Waals surface area (Å²) in [5.74, 6) is -2.25. The summed E-state index contributed by atoms with van der Waals surface area (Å²) in [7, 11) is 0. The predicted octanol–water partition coefficient (Wildman–Crippen LogP) is 2.67. The average Bonchev–Trinajstić information content (AvgIpc) is 2.41. The van der Waals surface area contributed by atoms with Gasteiger partial charge in [-0.2, -0.15) is 0 Å². The summed E-state index contributed by atoms with van der Waals surface area (Å²) in [5.41, 5.74) is -0.0949. The lowest BCUT2D eigenvalue weighted by molar-refractivity contribution is -0.143. The third-order valence-corrected chi connectivity index (χ3v) is 3.84. The molecule has 0 spiro atoms. The van der Waals surface area contributed by atoms with Crippen molar-refractivity contribution in [3.8, 4) is 0 Å². The van der Waals surface area contributed by atoms with E-state index in [1.54, 1.807) is 6.07 Å². The van der Waals surface area contributed by atoms with Gasteiger partial charge in [-0.3, -0.25) is 4.79 Å². The van der Waals surface area contributed by atoms with Crippen LogP contribution in [0, 0.1) is 5.82 Å². The van der Waals surface area contributed by atoms with E-state index in [2.05, 4.69) is 15.9 Å². The second-order valence-electron chi connectivity index (χ2n) is 4.45. The number of carbonyl (C=O) groups is 2. The summed E-state index contributed by atoms with van der Waals surface area (Å²) in [4.78, 5) is 24.7. The minimum Gasteiger partial charge on any atom is -0.480 e. The molecular weight excluding hydrogens is 317 g/mol. The summed E-state index contributed by atoms with van der Waals surface area (Å²) >= 11 is 3.02. The SMILES string of the molecule is O=C(O)[C@H]1CCCCN1C(=O)c1cccc(Br)c1F. The van der Waals surface area contributed by atoms with Gasteiger partial charge >= 0.3 is 5.97 Å². The molecule has 1 fully saturated rings. The number of rotatable bonds is 2. The molecule has 0 bridgehead atoms. The zero-order valence-corrected chi connectivity index (χ0v) is 11.7. The van der Waals surface area contributed by atoms with Gasteiger partial charge < -0.3 is 10.0 Å². The summed E-state index contributed by atoms with van der Waals surface area (Å²) in [6.45, 7) is 0.349. The molecule has 4 nitrogen and oxygen atoms in total. The second-order valence-corrected chi connectivity index (χ2v) is 5.30. The first-order valence-electron chi connectivity index (χ1n) is 6.00. The number of benzene rings is 1. The van der Waals surface area contributed by atoms with E-state index in [0.717, 1.165) is 12.8 Å². The van der Waals surface area contributed by atoms with E-state index in [-0.39, 0.29) is 10.0 Å². The number of carbonyl (C=O) groups excluding carboxylic acids is 1. The standard InChI is InChI=1S/C13H13BrFNO3/c14-9-5-3-4-8(11(9)15)12(17)16-7-2-1-6-10(16)13(18)19/h3-5,10H,1-2,6-7H2,(H,18,19)/t10-/m1/s1. The first kappa shape index (κ1) is 14.0. The van der Waals surface area contributed by atoms with Gasteiger partial charge in [0.1, 0.15) is 11.9 Å². The van der Waals surface area contributed by atoms with Gasteiger partial charge in [0.15, 0.2) is 0 Å². The van der Waals surface area contributed by atoms with Crippen LogP contribution in [0.4, 0.5) is 4.39 Å². The Morgan fingerprint density at radius 1 is 1.37 bits per heavy atom. The molecule has 1 atom stereocenters. The molecule has 1 heterocycles. The number of piperidine rings is 1. The van der Waals surface area contributed by atoms with Crippen molar-refractivity contribution in [2.24, 2.45) is 0 Å². The van der Waals surface area contributed by atoms with Crippen LogP contribution in [0.1, 0.15) is 29.6 Å². The van der Waals surface area contributed by atoms with Crippen molar-refractivity contribution < 1.29 is 19.1 Å². The van der Waals surface area contributed by atoms with Crippen molar-refractivity contribution >= 4 is 27.8 Å². The molecule has 1 aliphatic heterocycles. The molecule has 0 unspecified atom stereocenters. The molecule has 1 amide bonds. The van der Waals surface area contributed by atoms with E-state index in [4.69, 9.17) is 5.11 Å². The number of carboxylic acid groups (broad SMARTS) is 1. The van der Waals surface area contributed by atoms with Crippen molar-refractivity contribution in [2.75, 3.05) is 6.54 Å².